The summed E-state index contributed by atoms with van der Waals surface area (Å²) in [6.45, 7) is 3.02. The molecule has 2 rings (SSSR count). The fourth-order valence-corrected chi connectivity index (χ4v) is 2.92. The highest BCUT2D eigenvalue weighted by atomic mass is 16.5. The van der Waals surface area contributed by atoms with Crippen molar-refractivity contribution < 1.29 is 14.3 Å². The Bertz CT molecular complexity index is 744. The molecule has 144 valence electrons. The maximum Gasteiger partial charge on any atom is 0.309 e. The molecule has 27 heavy (non-hydrogen) atoms. The van der Waals surface area contributed by atoms with Crippen molar-refractivity contribution in [1.82, 2.24) is 4.90 Å². The molecule has 7 heteroatoms. The van der Waals surface area contributed by atoms with Gasteiger partial charge in [0.15, 0.2) is 0 Å². The largest absolute Gasteiger partial charge is 0.466 e. The average Bonchev–Trinajstić information content (AvgIpc) is 2.68. The first kappa shape index (κ1) is 20.3. The first-order chi connectivity index (χ1) is 13.0. The van der Waals surface area contributed by atoms with Crippen molar-refractivity contribution in [2.45, 2.75) is 19.8 Å². The molecule has 7 nitrogen and oxygen atoms in total. The van der Waals surface area contributed by atoms with Crippen LogP contribution in [0.2, 0.25) is 0 Å². The average molecular weight is 370 g/mol. The van der Waals surface area contributed by atoms with E-state index in [0.29, 0.717) is 32.5 Å². The van der Waals surface area contributed by atoms with Crippen LogP contribution in [0, 0.1) is 17.2 Å². The minimum atomic E-state index is -0.323. The van der Waals surface area contributed by atoms with Crippen LogP contribution in [0.1, 0.15) is 19.8 Å². The number of nitrogens with zero attached hydrogens (tertiary/aromatic N) is 3. The first-order valence-electron chi connectivity index (χ1n) is 9.06. The molecule has 1 fully saturated rings. The molecule has 1 N–H and O–H groups in total. The number of ether oxygens (including phenoxy) is 1. The lowest BCUT2D eigenvalue weighted by Gasteiger charge is -2.30. The smallest absolute Gasteiger partial charge is 0.309 e. The maximum absolute atomic E-state index is 12.6. The molecular formula is C20H26N4O3. The maximum atomic E-state index is 12.6. The zero-order chi connectivity index (χ0) is 19.8. The number of likely N-dealkylation sites (tertiary alicyclic amines) is 1. The van der Waals surface area contributed by atoms with Gasteiger partial charge in [-0.2, -0.15) is 5.26 Å². The van der Waals surface area contributed by atoms with Crippen LogP contribution in [0.25, 0.3) is 0 Å². The number of esters is 1. The minimum absolute atomic E-state index is 0.0415. The Kier molecular flexibility index (Phi) is 7.24. The van der Waals surface area contributed by atoms with Crippen molar-refractivity contribution >= 4 is 23.3 Å². The van der Waals surface area contributed by atoms with Crippen molar-refractivity contribution in [3.05, 3.63) is 36.0 Å². The van der Waals surface area contributed by atoms with E-state index in [2.05, 4.69) is 5.32 Å². The lowest BCUT2D eigenvalue weighted by molar-refractivity contribution is -0.150. The molecule has 0 aliphatic carbocycles. The Morgan fingerprint density at radius 2 is 2.07 bits per heavy atom. The highest BCUT2D eigenvalue weighted by Gasteiger charge is 2.29. The first-order valence-corrected chi connectivity index (χ1v) is 9.06. The van der Waals surface area contributed by atoms with E-state index in [4.69, 9.17) is 4.74 Å². The van der Waals surface area contributed by atoms with Gasteiger partial charge in [-0.05, 0) is 38.0 Å². The van der Waals surface area contributed by atoms with Crippen LogP contribution in [0.4, 0.5) is 11.4 Å². The predicted octanol–water partition coefficient (Wildman–Crippen LogP) is 2.37. The molecular weight excluding hydrogens is 344 g/mol. The third-order valence-electron chi connectivity index (χ3n) is 4.50. The van der Waals surface area contributed by atoms with Crippen molar-refractivity contribution in [2.24, 2.45) is 5.92 Å². The number of hydrogen-bond donors (Lipinski definition) is 1. The van der Waals surface area contributed by atoms with E-state index in [-0.39, 0.29) is 23.4 Å². The second-order valence-corrected chi connectivity index (χ2v) is 6.58. The molecule has 1 aromatic carbocycles. The fraction of sp³-hybridized carbons (Fsp3) is 0.450. The molecule has 1 heterocycles. The van der Waals surface area contributed by atoms with Crippen LogP contribution in [0.3, 0.4) is 0 Å². The second kappa shape index (κ2) is 9.62. The number of rotatable bonds is 6. The quantitative estimate of drug-likeness (QED) is 0.470. The highest BCUT2D eigenvalue weighted by Crippen LogP contribution is 2.21. The van der Waals surface area contributed by atoms with E-state index in [1.807, 2.05) is 49.3 Å². The topological polar surface area (TPSA) is 85.7 Å². The molecule has 1 aromatic rings. The van der Waals surface area contributed by atoms with Crippen molar-refractivity contribution in [2.75, 3.05) is 44.0 Å². The molecule has 1 aliphatic heterocycles. The number of amides is 1. The molecule has 0 aromatic heterocycles. The van der Waals surface area contributed by atoms with Gasteiger partial charge in [-0.1, -0.05) is 6.07 Å². The summed E-state index contributed by atoms with van der Waals surface area (Å²) >= 11 is 0. The number of piperidine rings is 1. The van der Waals surface area contributed by atoms with Gasteiger partial charge in [0.05, 0.1) is 12.5 Å². The third kappa shape index (κ3) is 5.48. The van der Waals surface area contributed by atoms with Crippen LogP contribution < -0.4 is 10.2 Å². The van der Waals surface area contributed by atoms with E-state index in [0.717, 1.165) is 11.4 Å². The van der Waals surface area contributed by atoms with E-state index in [1.165, 1.54) is 6.20 Å². The third-order valence-corrected chi connectivity index (χ3v) is 4.50. The van der Waals surface area contributed by atoms with Crippen LogP contribution in [-0.4, -0.2) is 50.6 Å². The zero-order valence-electron chi connectivity index (χ0n) is 16.1. The molecule has 0 atom stereocenters. The van der Waals surface area contributed by atoms with Crippen molar-refractivity contribution in [3.63, 3.8) is 0 Å². The molecule has 0 bridgehead atoms. The van der Waals surface area contributed by atoms with Gasteiger partial charge in [-0.15, -0.1) is 0 Å². The Morgan fingerprint density at radius 3 is 2.67 bits per heavy atom. The predicted molar refractivity (Wildman–Crippen MR) is 104 cm³/mol. The van der Waals surface area contributed by atoms with Crippen LogP contribution in [-0.2, 0) is 14.3 Å². The summed E-state index contributed by atoms with van der Waals surface area (Å²) in [6.07, 6.45) is 2.55. The van der Waals surface area contributed by atoms with Crippen molar-refractivity contribution in [3.8, 4) is 6.07 Å². The highest BCUT2D eigenvalue weighted by molar-refractivity contribution is 5.97. The van der Waals surface area contributed by atoms with Gasteiger partial charge in [-0.25, -0.2) is 0 Å². The van der Waals surface area contributed by atoms with Crippen molar-refractivity contribution in [1.29, 1.82) is 5.26 Å². The Morgan fingerprint density at radius 1 is 1.37 bits per heavy atom. The molecule has 0 saturated carbocycles. The molecule has 1 amide bonds. The molecule has 1 aliphatic rings. The van der Waals surface area contributed by atoms with Gasteiger partial charge in [0.2, 0.25) is 0 Å². The summed E-state index contributed by atoms with van der Waals surface area (Å²) in [5.41, 5.74) is 1.85. The Balaban J connectivity index is 1.98. The number of carbonyl (C=O) groups excluding carboxylic acids is 2. The van der Waals surface area contributed by atoms with Crippen LogP contribution in [0.5, 0.6) is 0 Å². The van der Waals surface area contributed by atoms with Gasteiger partial charge >= 0.3 is 5.97 Å². The normalized spacial score (nSPS) is 15.0. The molecule has 0 spiro atoms. The molecule has 1 saturated heterocycles. The zero-order valence-corrected chi connectivity index (χ0v) is 16.1. The number of nitrogens with one attached hydrogen (secondary N) is 1. The van der Waals surface area contributed by atoms with E-state index in [1.54, 1.807) is 11.8 Å². The number of carbonyl (C=O) groups is 2. The summed E-state index contributed by atoms with van der Waals surface area (Å²) in [4.78, 5) is 28.0. The summed E-state index contributed by atoms with van der Waals surface area (Å²) in [5.74, 6) is -0.699. The summed E-state index contributed by atoms with van der Waals surface area (Å²) in [6, 6.07) is 9.64. The summed E-state index contributed by atoms with van der Waals surface area (Å²) in [7, 11) is 3.89. The monoisotopic (exact) mass is 370 g/mol. The summed E-state index contributed by atoms with van der Waals surface area (Å²) < 4.78 is 5.04. The number of nitriles is 1. The lowest BCUT2D eigenvalue weighted by atomic mass is 9.96. The molecule has 0 unspecified atom stereocenters. The van der Waals surface area contributed by atoms with Crippen LogP contribution >= 0.6 is 0 Å². The van der Waals surface area contributed by atoms with Gasteiger partial charge < -0.3 is 19.9 Å². The number of benzene rings is 1. The minimum Gasteiger partial charge on any atom is -0.466 e. The number of anilines is 2. The standard InChI is InChI=1S/C20H26N4O3/c1-4-27-20(26)15-8-10-24(11-9-15)19(25)16(13-21)14-22-17-6-5-7-18(12-17)23(2)3/h5-7,12,14-15,22H,4,8-11H2,1-3H3/b16-14-. The van der Waals surface area contributed by atoms with E-state index >= 15 is 0 Å². The van der Waals surface area contributed by atoms with Gasteiger partial charge in [0.25, 0.3) is 5.91 Å². The fourth-order valence-electron chi connectivity index (χ4n) is 2.92. The summed E-state index contributed by atoms with van der Waals surface area (Å²) in [5, 5.41) is 12.4. The van der Waals surface area contributed by atoms with Gasteiger partial charge in [-0.3, -0.25) is 9.59 Å². The molecule has 0 radical (unpaired) electrons. The van der Waals surface area contributed by atoms with E-state index in [9.17, 15) is 14.9 Å². The number of hydrogen-bond acceptors (Lipinski definition) is 6. The lowest BCUT2D eigenvalue weighted by Crippen LogP contribution is -2.41. The van der Waals surface area contributed by atoms with E-state index < -0.39 is 0 Å². The second-order valence-electron chi connectivity index (χ2n) is 6.58. The van der Waals surface area contributed by atoms with Gasteiger partial charge in [0.1, 0.15) is 11.6 Å². The Labute approximate surface area is 160 Å². The SMILES string of the molecule is CCOC(=O)C1CCN(C(=O)/C(C#N)=C\Nc2cccc(N(C)C)c2)CC1. The van der Waals surface area contributed by atoms with Gasteiger partial charge in [0, 0.05) is 44.8 Å². The van der Waals surface area contributed by atoms with Crippen LogP contribution in [0.15, 0.2) is 36.0 Å². The Hall–Kier alpha value is -3.01.